The van der Waals surface area contributed by atoms with Crippen LogP contribution in [-0.2, 0) is 4.74 Å². The number of aromatic carboxylic acids is 1. The number of aromatic nitrogens is 1. The van der Waals surface area contributed by atoms with Crippen LogP contribution in [0.5, 0.6) is 5.75 Å². The third kappa shape index (κ3) is 3.20. The average Bonchev–Trinajstić information content (AvgIpc) is 3.23. The van der Waals surface area contributed by atoms with Crippen LogP contribution in [0.4, 0.5) is 4.39 Å². The van der Waals surface area contributed by atoms with Gasteiger partial charge in [0, 0.05) is 41.0 Å². The zero-order valence-electron chi connectivity index (χ0n) is 16.4. The molecule has 4 aromatic rings. The van der Waals surface area contributed by atoms with E-state index in [4.69, 9.17) is 9.15 Å². The van der Waals surface area contributed by atoms with Crippen LogP contribution in [0.1, 0.15) is 27.5 Å². The lowest BCUT2D eigenvalue weighted by Crippen LogP contribution is -2.39. The summed E-state index contributed by atoms with van der Waals surface area (Å²) in [5, 5.41) is 22.7. The third-order valence-corrected chi connectivity index (χ3v) is 5.72. The number of fused-ring (bicyclic) bond motifs is 3. The Morgan fingerprint density at radius 3 is 2.61 bits per heavy atom. The summed E-state index contributed by atoms with van der Waals surface area (Å²) in [6.07, 6.45) is 2.55. The number of carboxylic acid groups (broad SMARTS) is 1. The van der Waals surface area contributed by atoms with E-state index in [1.54, 1.807) is 30.3 Å². The van der Waals surface area contributed by atoms with Crippen molar-refractivity contribution in [3.8, 4) is 5.75 Å². The van der Waals surface area contributed by atoms with Gasteiger partial charge < -0.3 is 19.4 Å². The molecule has 1 atom stereocenters. The third-order valence-electron chi connectivity index (χ3n) is 5.72. The summed E-state index contributed by atoms with van der Waals surface area (Å²) in [6, 6.07) is 9.46. The summed E-state index contributed by atoms with van der Waals surface area (Å²) in [5.41, 5.74) is 1.23. The molecule has 3 heterocycles. The lowest BCUT2D eigenvalue weighted by atomic mass is 9.89. The molecule has 158 valence electrons. The number of carbonyl (C=O) groups is 1. The van der Waals surface area contributed by atoms with Crippen LogP contribution in [0.2, 0.25) is 0 Å². The van der Waals surface area contributed by atoms with Crippen LogP contribution in [0.15, 0.2) is 53.3 Å². The van der Waals surface area contributed by atoms with Gasteiger partial charge in [-0.05, 0) is 17.7 Å². The molecule has 2 aromatic carbocycles. The highest BCUT2D eigenvalue weighted by Crippen LogP contribution is 2.46. The Balaban J connectivity index is 1.89. The normalized spacial score (nSPS) is 16.0. The highest BCUT2D eigenvalue weighted by Gasteiger charge is 2.33. The Morgan fingerprint density at radius 1 is 1.16 bits per heavy atom. The van der Waals surface area contributed by atoms with Crippen LogP contribution in [0.3, 0.4) is 0 Å². The van der Waals surface area contributed by atoms with Gasteiger partial charge in [-0.25, -0.2) is 9.78 Å². The molecule has 1 aliphatic heterocycles. The zero-order valence-corrected chi connectivity index (χ0v) is 16.4. The van der Waals surface area contributed by atoms with Gasteiger partial charge in [-0.2, -0.15) is 4.39 Å². The van der Waals surface area contributed by atoms with Gasteiger partial charge in [0.15, 0.2) is 0 Å². The maximum absolute atomic E-state index is 14.1. The van der Waals surface area contributed by atoms with E-state index in [0.29, 0.717) is 59.2 Å². The fourth-order valence-electron chi connectivity index (χ4n) is 4.38. The van der Waals surface area contributed by atoms with E-state index in [2.05, 4.69) is 4.98 Å². The molecule has 1 aliphatic rings. The molecular formula is C23H19FN2O5. The van der Waals surface area contributed by atoms with Crippen molar-refractivity contribution < 1.29 is 28.6 Å². The Bertz CT molecular complexity index is 1300. The number of carboxylic acids is 1. The van der Waals surface area contributed by atoms with Crippen LogP contribution in [-0.4, -0.2) is 52.4 Å². The number of aromatic hydroxyl groups is 1. The van der Waals surface area contributed by atoms with Crippen LogP contribution >= 0.6 is 0 Å². The molecule has 0 bridgehead atoms. The molecule has 2 N–H and O–H groups in total. The van der Waals surface area contributed by atoms with Gasteiger partial charge in [-0.3, -0.25) is 4.90 Å². The molecule has 0 saturated carbocycles. The number of pyridine rings is 1. The summed E-state index contributed by atoms with van der Waals surface area (Å²) in [5.74, 6) is -1.88. The van der Waals surface area contributed by atoms with Crippen molar-refractivity contribution in [3.05, 3.63) is 71.5 Å². The topological polar surface area (TPSA) is 96.0 Å². The van der Waals surface area contributed by atoms with Gasteiger partial charge in [0.1, 0.15) is 23.2 Å². The van der Waals surface area contributed by atoms with Gasteiger partial charge in [0.2, 0.25) is 5.95 Å². The van der Waals surface area contributed by atoms with E-state index in [9.17, 15) is 19.4 Å². The van der Waals surface area contributed by atoms with Gasteiger partial charge in [0.25, 0.3) is 0 Å². The first-order chi connectivity index (χ1) is 15.1. The summed E-state index contributed by atoms with van der Waals surface area (Å²) in [7, 11) is 0. The number of morpholine rings is 1. The molecule has 1 unspecified atom stereocenters. The molecule has 8 heteroatoms. The number of furan rings is 1. The standard InChI is InChI=1S/C23H19FN2O5/c24-17-11-13(5-6-25-17)20(26-7-9-30-10-8-26)19-18-16(23(28)29)12-31-22(18)15-4-2-1-3-14(15)21(19)27/h1-6,11-12,20,27H,7-10H2,(H,28,29). The Kier molecular flexibility index (Phi) is 4.80. The summed E-state index contributed by atoms with van der Waals surface area (Å²) >= 11 is 0. The minimum Gasteiger partial charge on any atom is -0.507 e. The van der Waals surface area contributed by atoms with Gasteiger partial charge >= 0.3 is 5.97 Å². The number of rotatable bonds is 4. The number of halogens is 1. The van der Waals surface area contributed by atoms with E-state index in [1.807, 2.05) is 4.90 Å². The number of hydrogen-bond donors (Lipinski definition) is 2. The van der Waals surface area contributed by atoms with Crippen molar-refractivity contribution in [1.82, 2.24) is 9.88 Å². The van der Waals surface area contributed by atoms with E-state index in [-0.39, 0.29) is 11.3 Å². The molecule has 31 heavy (non-hydrogen) atoms. The Labute approximate surface area is 176 Å². The van der Waals surface area contributed by atoms with Crippen molar-refractivity contribution in [3.63, 3.8) is 0 Å². The molecular weight excluding hydrogens is 403 g/mol. The monoisotopic (exact) mass is 422 g/mol. The fourth-order valence-corrected chi connectivity index (χ4v) is 4.38. The average molecular weight is 422 g/mol. The fraction of sp³-hybridized carbons (Fsp3) is 0.217. The van der Waals surface area contributed by atoms with Gasteiger partial charge in [-0.1, -0.05) is 24.3 Å². The van der Waals surface area contributed by atoms with E-state index >= 15 is 0 Å². The van der Waals surface area contributed by atoms with E-state index < -0.39 is 18.0 Å². The number of nitrogens with zero attached hydrogens (tertiary/aromatic N) is 2. The minimum absolute atomic E-state index is 0.0549. The Morgan fingerprint density at radius 2 is 1.90 bits per heavy atom. The van der Waals surface area contributed by atoms with Crippen molar-refractivity contribution in [2.24, 2.45) is 0 Å². The van der Waals surface area contributed by atoms with Crippen molar-refractivity contribution in [2.45, 2.75) is 6.04 Å². The van der Waals surface area contributed by atoms with E-state index in [0.717, 1.165) is 0 Å². The number of ether oxygens (including phenoxy) is 1. The highest BCUT2D eigenvalue weighted by atomic mass is 19.1. The first kappa shape index (κ1) is 19.5. The maximum atomic E-state index is 14.1. The molecule has 0 amide bonds. The molecule has 5 rings (SSSR count). The highest BCUT2D eigenvalue weighted by molar-refractivity contribution is 6.15. The number of phenols is 1. The quantitative estimate of drug-likeness (QED) is 0.481. The lowest BCUT2D eigenvalue weighted by molar-refractivity contribution is 0.0237. The largest absolute Gasteiger partial charge is 0.507 e. The lowest BCUT2D eigenvalue weighted by Gasteiger charge is -2.36. The second kappa shape index (κ2) is 7.64. The second-order valence-corrected chi connectivity index (χ2v) is 7.43. The summed E-state index contributed by atoms with van der Waals surface area (Å²) in [6.45, 7) is 2.00. The Hall–Kier alpha value is -3.49. The molecule has 0 radical (unpaired) electrons. The van der Waals surface area contributed by atoms with Crippen molar-refractivity contribution >= 4 is 27.7 Å². The minimum atomic E-state index is -1.17. The first-order valence-corrected chi connectivity index (χ1v) is 9.87. The molecule has 0 spiro atoms. The first-order valence-electron chi connectivity index (χ1n) is 9.87. The summed E-state index contributed by atoms with van der Waals surface area (Å²) < 4.78 is 25.3. The number of phenolic OH excluding ortho intramolecular Hbond substituents is 1. The molecule has 1 fully saturated rings. The molecule has 7 nitrogen and oxygen atoms in total. The molecule has 1 saturated heterocycles. The van der Waals surface area contributed by atoms with E-state index in [1.165, 1.54) is 18.5 Å². The van der Waals surface area contributed by atoms with Crippen LogP contribution < -0.4 is 0 Å². The predicted octanol–water partition coefficient (Wildman–Crippen LogP) is 3.95. The van der Waals surface area contributed by atoms with Gasteiger partial charge in [0.05, 0.1) is 19.3 Å². The molecule has 2 aromatic heterocycles. The van der Waals surface area contributed by atoms with Crippen LogP contribution in [0, 0.1) is 5.95 Å². The van der Waals surface area contributed by atoms with Gasteiger partial charge in [-0.15, -0.1) is 0 Å². The SMILES string of the molecule is O=C(O)c1coc2c1c(C(c1ccnc(F)c1)N1CCOCC1)c(O)c1ccccc12. The second-order valence-electron chi connectivity index (χ2n) is 7.43. The molecule has 0 aliphatic carbocycles. The predicted molar refractivity (Wildman–Crippen MR) is 111 cm³/mol. The smallest absolute Gasteiger partial charge is 0.339 e. The number of hydrogen-bond acceptors (Lipinski definition) is 6. The van der Waals surface area contributed by atoms with Crippen LogP contribution in [0.25, 0.3) is 21.7 Å². The van der Waals surface area contributed by atoms with Crippen molar-refractivity contribution in [1.29, 1.82) is 0 Å². The zero-order chi connectivity index (χ0) is 21.5. The van der Waals surface area contributed by atoms with Crippen molar-refractivity contribution in [2.75, 3.05) is 26.3 Å². The summed E-state index contributed by atoms with van der Waals surface area (Å²) in [4.78, 5) is 17.7. The number of benzene rings is 2. The maximum Gasteiger partial charge on any atom is 0.339 e.